The van der Waals surface area contributed by atoms with E-state index < -0.39 is 33.0 Å². The quantitative estimate of drug-likeness (QED) is 0.348. The third kappa shape index (κ3) is 4.69. The summed E-state index contributed by atoms with van der Waals surface area (Å²) in [6.45, 7) is -0.385. The van der Waals surface area contributed by atoms with E-state index in [0.29, 0.717) is 11.4 Å². The van der Waals surface area contributed by atoms with Gasteiger partial charge in [0.25, 0.3) is 5.56 Å². The normalized spacial score (nSPS) is 11.5. The first-order valence-electron chi connectivity index (χ1n) is 10.1. The molecule has 0 atom stereocenters. The zero-order valence-corrected chi connectivity index (χ0v) is 19.3. The van der Waals surface area contributed by atoms with Gasteiger partial charge in [0.15, 0.2) is 11.2 Å². The molecule has 0 bridgehead atoms. The summed E-state index contributed by atoms with van der Waals surface area (Å²) in [4.78, 5) is 42.3. The van der Waals surface area contributed by atoms with Gasteiger partial charge in [0.1, 0.15) is 12.4 Å². The van der Waals surface area contributed by atoms with Crippen LogP contribution in [-0.2, 0) is 35.5 Å². The molecule has 4 N–H and O–H groups in total. The first kappa shape index (κ1) is 23.8. The van der Waals surface area contributed by atoms with Crippen LogP contribution in [-0.4, -0.2) is 33.0 Å². The number of rotatable bonds is 6. The number of carbonyl (C=O) groups is 1. The molecule has 0 aliphatic rings. The summed E-state index contributed by atoms with van der Waals surface area (Å²) in [5, 5.41) is 10.6. The molecule has 14 heteroatoms. The minimum absolute atomic E-state index is 0.000986. The van der Waals surface area contributed by atoms with Gasteiger partial charge in [-0.3, -0.25) is 23.3 Å². The van der Waals surface area contributed by atoms with Crippen molar-refractivity contribution in [2.24, 2.45) is 19.2 Å². The van der Waals surface area contributed by atoms with Crippen molar-refractivity contribution in [3.8, 4) is 0 Å². The largest absolute Gasteiger partial charge is 0.332 e. The van der Waals surface area contributed by atoms with Crippen LogP contribution in [0, 0.1) is 5.82 Å². The summed E-state index contributed by atoms with van der Waals surface area (Å²) in [7, 11) is -1.14. The summed E-state index contributed by atoms with van der Waals surface area (Å²) in [6, 6.07) is 10.6. The van der Waals surface area contributed by atoms with Gasteiger partial charge in [0.2, 0.25) is 21.9 Å². The summed E-state index contributed by atoms with van der Waals surface area (Å²) in [6.07, 6.45) is 0. The fourth-order valence-corrected chi connectivity index (χ4v) is 3.95. The molecule has 0 aliphatic heterocycles. The number of aromatic nitrogens is 4. The molecule has 35 heavy (non-hydrogen) atoms. The van der Waals surface area contributed by atoms with Gasteiger partial charge < -0.3 is 10.6 Å². The Morgan fingerprint density at radius 1 is 1.00 bits per heavy atom. The molecular weight excluding hydrogens is 481 g/mol. The average Bonchev–Trinajstić information content (AvgIpc) is 3.15. The van der Waals surface area contributed by atoms with Crippen molar-refractivity contribution in [2.75, 3.05) is 10.6 Å². The van der Waals surface area contributed by atoms with Crippen molar-refractivity contribution in [1.29, 1.82) is 0 Å². The van der Waals surface area contributed by atoms with Crippen LogP contribution in [0.2, 0.25) is 0 Å². The van der Waals surface area contributed by atoms with Crippen molar-refractivity contribution >= 4 is 44.4 Å². The molecule has 0 saturated heterocycles. The molecule has 4 rings (SSSR count). The number of halogens is 1. The topological polar surface area (TPSA) is 163 Å². The first-order chi connectivity index (χ1) is 16.5. The zero-order chi connectivity index (χ0) is 25.5. The van der Waals surface area contributed by atoms with Gasteiger partial charge in [0, 0.05) is 25.5 Å². The van der Waals surface area contributed by atoms with E-state index >= 15 is 0 Å². The van der Waals surface area contributed by atoms with Crippen molar-refractivity contribution in [1.82, 2.24) is 18.7 Å². The lowest BCUT2D eigenvalue weighted by Gasteiger charge is -2.12. The number of nitrogens with one attached hydrogen (secondary N) is 2. The Hall–Kier alpha value is -4.30. The third-order valence-electron chi connectivity index (χ3n) is 5.22. The number of aryl methyl sites for hydroxylation is 1. The molecule has 0 saturated carbocycles. The second-order valence-electron chi connectivity index (χ2n) is 7.65. The van der Waals surface area contributed by atoms with Crippen LogP contribution in [0.1, 0.15) is 0 Å². The number of sulfonamides is 1. The molecule has 2 aromatic carbocycles. The van der Waals surface area contributed by atoms with Gasteiger partial charge in [-0.15, -0.1) is 0 Å². The summed E-state index contributed by atoms with van der Waals surface area (Å²) in [5.74, 6) is -0.941. The highest BCUT2D eigenvalue weighted by Crippen LogP contribution is 2.21. The molecule has 2 heterocycles. The zero-order valence-electron chi connectivity index (χ0n) is 18.5. The second kappa shape index (κ2) is 8.81. The molecule has 0 unspecified atom stereocenters. The first-order valence-corrected chi connectivity index (χ1v) is 11.6. The number of benzene rings is 2. The molecule has 2 aromatic heterocycles. The Morgan fingerprint density at radius 2 is 1.60 bits per heavy atom. The maximum absolute atomic E-state index is 13.3. The average molecular weight is 502 g/mol. The number of hydrogen-bond acceptors (Lipinski definition) is 7. The van der Waals surface area contributed by atoms with Crippen LogP contribution in [0.3, 0.4) is 0 Å². The number of carbonyl (C=O) groups excluding carboxylic acids is 1. The predicted molar refractivity (Wildman–Crippen MR) is 126 cm³/mol. The smallest absolute Gasteiger partial charge is 0.326 e. The van der Waals surface area contributed by atoms with E-state index in [9.17, 15) is 27.2 Å². The van der Waals surface area contributed by atoms with E-state index in [1.165, 1.54) is 71.8 Å². The highest BCUT2D eigenvalue weighted by atomic mass is 32.2. The molecular formula is C21H20FN7O5S. The van der Waals surface area contributed by atoms with Crippen LogP contribution in [0.15, 0.2) is 63.0 Å². The number of nitrogens with zero attached hydrogens (tertiary/aromatic N) is 4. The predicted octanol–water partition coefficient (Wildman–Crippen LogP) is 0.602. The number of nitrogens with two attached hydrogens (primary N) is 1. The Morgan fingerprint density at radius 3 is 2.20 bits per heavy atom. The second-order valence-corrected chi connectivity index (χ2v) is 9.21. The van der Waals surface area contributed by atoms with E-state index in [-0.39, 0.29) is 28.6 Å². The van der Waals surface area contributed by atoms with Crippen LogP contribution in [0.5, 0.6) is 0 Å². The summed E-state index contributed by atoms with van der Waals surface area (Å²) < 4.78 is 39.5. The highest BCUT2D eigenvalue weighted by Gasteiger charge is 2.21. The SMILES string of the molecule is Cn1c(=O)c2c(nc(Nc3ccc(F)cc3)n2CC(=O)Nc2ccc(S(N)(=O)=O)cc2)n(C)c1=O. The fourth-order valence-electron chi connectivity index (χ4n) is 3.43. The van der Waals surface area contributed by atoms with E-state index in [0.717, 1.165) is 4.57 Å². The Kier molecular flexibility index (Phi) is 6.00. The van der Waals surface area contributed by atoms with Crippen LogP contribution in [0.25, 0.3) is 11.2 Å². The molecule has 12 nitrogen and oxygen atoms in total. The van der Waals surface area contributed by atoms with Crippen LogP contribution < -0.4 is 27.0 Å². The Balaban J connectivity index is 1.74. The Labute approximate surface area is 197 Å². The monoisotopic (exact) mass is 501 g/mol. The molecule has 0 spiro atoms. The molecule has 0 radical (unpaired) electrons. The highest BCUT2D eigenvalue weighted by molar-refractivity contribution is 7.89. The number of amides is 1. The maximum Gasteiger partial charge on any atom is 0.332 e. The number of hydrogen-bond donors (Lipinski definition) is 3. The third-order valence-corrected chi connectivity index (χ3v) is 6.15. The molecule has 182 valence electrons. The number of imidazole rings is 1. The molecule has 1 amide bonds. The van der Waals surface area contributed by atoms with E-state index in [1.54, 1.807) is 0 Å². The van der Waals surface area contributed by atoms with E-state index in [4.69, 9.17) is 5.14 Å². The number of fused-ring (bicyclic) bond motifs is 1. The molecule has 0 aliphatic carbocycles. The lowest BCUT2D eigenvalue weighted by Crippen LogP contribution is -2.37. The standard InChI is InChI=1S/C21H20FN7O5S/c1-27-18-17(19(31)28(2)21(27)32)29(20(26-18)25-14-5-3-12(22)4-6-14)11-16(30)24-13-7-9-15(10-8-13)35(23,33)34/h3-10H,11H2,1-2H3,(H,24,30)(H,25,26)(H2,23,33,34). The van der Waals surface area contributed by atoms with Crippen molar-refractivity contribution < 1.29 is 17.6 Å². The minimum Gasteiger partial charge on any atom is -0.326 e. The van der Waals surface area contributed by atoms with Gasteiger partial charge in [0.05, 0.1) is 4.90 Å². The van der Waals surface area contributed by atoms with Crippen molar-refractivity contribution in [3.05, 3.63) is 75.2 Å². The molecule has 0 fully saturated rings. The van der Waals surface area contributed by atoms with E-state index in [1.807, 2.05) is 0 Å². The Bertz CT molecular complexity index is 1670. The van der Waals surface area contributed by atoms with Crippen molar-refractivity contribution in [3.63, 3.8) is 0 Å². The van der Waals surface area contributed by atoms with Gasteiger partial charge in [-0.2, -0.15) is 4.98 Å². The van der Waals surface area contributed by atoms with Crippen LogP contribution >= 0.6 is 0 Å². The number of anilines is 3. The lowest BCUT2D eigenvalue weighted by molar-refractivity contribution is -0.116. The van der Waals surface area contributed by atoms with Crippen LogP contribution in [0.4, 0.5) is 21.7 Å². The van der Waals surface area contributed by atoms with Gasteiger partial charge in [-0.25, -0.2) is 22.7 Å². The number of primary sulfonamides is 1. The van der Waals surface area contributed by atoms with E-state index in [2.05, 4.69) is 15.6 Å². The molecule has 4 aromatic rings. The minimum atomic E-state index is -3.89. The summed E-state index contributed by atoms with van der Waals surface area (Å²) in [5.41, 5.74) is -0.483. The summed E-state index contributed by atoms with van der Waals surface area (Å²) >= 11 is 0. The van der Waals surface area contributed by atoms with Gasteiger partial charge in [-0.05, 0) is 48.5 Å². The van der Waals surface area contributed by atoms with Gasteiger partial charge >= 0.3 is 5.69 Å². The maximum atomic E-state index is 13.3. The lowest BCUT2D eigenvalue weighted by atomic mass is 10.3. The van der Waals surface area contributed by atoms with Crippen molar-refractivity contribution in [2.45, 2.75) is 11.4 Å². The van der Waals surface area contributed by atoms with Gasteiger partial charge in [-0.1, -0.05) is 0 Å². The fraction of sp³-hybridized carbons (Fsp3) is 0.143.